The van der Waals surface area contributed by atoms with Gasteiger partial charge in [0.25, 0.3) is 0 Å². The lowest BCUT2D eigenvalue weighted by Crippen LogP contribution is -2.30. The number of rotatable bonds is 58. The number of ether oxygens (including phenoxy) is 3. The zero-order valence-electron chi connectivity index (χ0n) is 48.7. The number of esters is 3. The van der Waals surface area contributed by atoms with Crippen LogP contribution in [0.2, 0.25) is 0 Å². The van der Waals surface area contributed by atoms with Gasteiger partial charge in [-0.2, -0.15) is 0 Å². The highest BCUT2D eigenvalue weighted by Gasteiger charge is 2.19. The third-order valence-corrected chi connectivity index (χ3v) is 14.0. The average Bonchev–Trinajstić information content (AvgIpc) is 3.39. The van der Waals surface area contributed by atoms with Crippen molar-refractivity contribution in [2.45, 2.75) is 335 Å². The fourth-order valence-electron chi connectivity index (χ4n) is 9.25. The maximum Gasteiger partial charge on any atom is 0.306 e. The molecule has 0 aliphatic rings. The van der Waals surface area contributed by atoms with Crippen LogP contribution >= 0.6 is 0 Å². The molecule has 0 spiro atoms. The zero-order chi connectivity index (χ0) is 52.9. The number of carbonyl (C=O) groups is 3. The predicted molar refractivity (Wildman–Crippen MR) is 316 cm³/mol. The van der Waals surface area contributed by atoms with Gasteiger partial charge in [-0.15, -0.1) is 0 Å². The van der Waals surface area contributed by atoms with Crippen LogP contribution in [0.1, 0.15) is 329 Å². The van der Waals surface area contributed by atoms with Crippen LogP contribution in [-0.2, 0) is 28.6 Å². The van der Waals surface area contributed by atoms with Crippen LogP contribution < -0.4 is 0 Å². The first-order chi connectivity index (χ1) is 36.0. The van der Waals surface area contributed by atoms with Crippen molar-refractivity contribution in [3.05, 3.63) is 60.8 Å². The van der Waals surface area contributed by atoms with Gasteiger partial charge in [0.2, 0.25) is 0 Å². The highest BCUT2D eigenvalue weighted by atomic mass is 16.6. The molecule has 0 saturated carbocycles. The topological polar surface area (TPSA) is 78.9 Å². The summed E-state index contributed by atoms with van der Waals surface area (Å²) in [6, 6.07) is 0. The highest BCUT2D eigenvalue weighted by molar-refractivity contribution is 5.71. The Hall–Kier alpha value is -2.89. The van der Waals surface area contributed by atoms with E-state index in [1.807, 2.05) is 0 Å². The van der Waals surface area contributed by atoms with Gasteiger partial charge in [0.1, 0.15) is 13.2 Å². The minimum atomic E-state index is -0.786. The van der Waals surface area contributed by atoms with Crippen LogP contribution in [0.15, 0.2) is 60.8 Å². The molecule has 0 bridgehead atoms. The maximum absolute atomic E-state index is 12.9. The van der Waals surface area contributed by atoms with E-state index < -0.39 is 6.10 Å². The molecule has 0 amide bonds. The Bertz CT molecular complexity index is 1310. The lowest BCUT2D eigenvalue weighted by molar-refractivity contribution is -0.167. The molecule has 6 nitrogen and oxygen atoms in total. The molecule has 0 aromatic heterocycles. The Labute approximate surface area is 453 Å². The lowest BCUT2D eigenvalue weighted by Gasteiger charge is -2.18. The third kappa shape index (κ3) is 59.9. The number of hydrogen-bond donors (Lipinski definition) is 0. The molecular formula is C67H120O6. The molecular weight excluding hydrogens is 901 g/mol. The van der Waals surface area contributed by atoms with Gasteiger partial charge >= 0.3 is 17.9 Å². The largest absolute Gasteiger partial charge is 0.462 e. The molecule has 0 rings (SSSR count). The molecule has 0 aliphatic carbocycles. The summed E-state index contributed by atoms with van der Waals surface area (Å²) >= 11 is 0. The Morgan fingerprint density at radius 3 is 0.849 bits per heavy atom. The van der Waals surface area contributed by atoms with E-state index in [0.717, 1.165) is 96.3 Å². The quantitative estimate of drug-likeness (QED) is 0.0261. The summed E-state index contributed by atoms with van der Waals surface area (Å²) in [6.45, 7) is 6.55. The molecule has 0 saturated heterocycles. The van der Waals surface area contributed by atoms with Crippen LogP contribution in [0.4, 0.5) is 0 Å². The highest BCUT2D eigenvalue weighted by Crippen LogP contribution is 2.17. The maximum atomic E-state index is 12.9. The number of hydrogen-bond acceptors (Lipinski definition) is 6. The van der Waals surface area contributed by atoms with E-state index in [0.29, 0.717) is 19.3 Å². The first kappa shape index (κ1) is 70.1. The normalized spacial score (nSPS) is 12.4. The summed E-state index contributed by atoms with van der Waals surface area (Å²) in [5.74, 6) is -0.891. The summed E-state index contributed by atoms with van der Waals surface area (Å²) in [5, 5.41) is 0. The van der Waals surface area contributed by atoms with Gasteiger partial charge in [0, 0.05) is 19.3 Å². The molecule has 0 aromatic carbocycles. The van der Waals surface area contributed by atoms with Crippen LogP contribution in [0.5, 0.6) is 0 Å². The molecule has 424 valence electrons. The monoisotopic (exact) mass is 1020 g/mol. The summed E-state index contributed by atoms with van der Waals surface area (Å²) in [4.78, 5) is 38.3. The second-order valence-corrected chi connectivity index (χ2v) is 21.3. The Kier molecular flexibility index (Phi) is 59.2. The SMILES string of the molecule is CC/C=C\C/C=C\C/C=C\C/C=C\CCCCCCC(=O)OCC(COC(=O)CCCCCCCCCCCCCCCCCCCCCC)OC(=O)CCCCCCCCC/C=C\CCCCCCCCC. The summed E-state index contributed by atoms with van der Waals surface area (Å²) in [7, 11) is 0. The van der Waals surface area contributed by atoms with E-state index in [1.54, 1.807) is 0 Å². The number of unbranched alkanes of at least 4 members (excludes halogenated alkanes) is 37. The third-order valence-electron chi connectivity index (χ3n) is 14.0. The average molecular weight is 1020 g/mol. The fourth-order valence-corrected chi connectivity index (χ4v) is 9.25. The lowest BCUT2D eigenvalue weighted by atomic mass is 10.0. The van der Waals surface area contributed by atoms with Gasteiger partial charge in [0.15, 0.2) is 6.10 Å². The fraction of sp³-hybridized carbons (Fsp3) is 0.806. The van der Waals surface area contributed by atoms with Crippen molar-refractivity contribution < 1.29 is 28.6 Å². The van der Waals surface area contributed by atoms with E-state index in [4.69, 9.17) is 14.2 Å². The van der Waals surface area contributed by atoms with Crippen molar-refractivity contribution in [1.82, 2.24) is 0 Å². The number of allylic oxidation sites excluding steroid dienone is 10. The minimum absolute atomic E-state index is 0.0807. The molecule has 0 aromatic rings. The van der Waals surface area contributed by atoms with Crippen molar-refractivity contribution in [1.29, 1.82) is 0 Å². The molecule has 0 aliphatic heterocycles. The molecule has 1 unspecified atom stereocenters. The molecule has 6 heteroatoms. The van der Waals surface area contributed by atoms with Crippen molar-refractivity contribution in [3.63, 3.8) is 0 Å². The first-order valence-electron chi connectivity index (χ1n) is 31.8. The van der Waals surface area contributed by atoms with Gasteiger partial charge in [-0.3, -0.25) is 14.4 Å². The minimum Gasteiger partial charge on any atom is -0.462 e. The van der Waals surface area contributed by atoms with E-state index in [9.17, 15) is 14.4 Å². The smallest absolute Gasteiger partial charge is 0.306 e. The summed E-state index contributed by atoms with van der Waals surface area (Å²) in [6.07, 6.45) is 77.9. The van der Waals surface area contributed by atoms with Gasteiger partial charge in [-0.05, 0) is 83.5 Å². The molecule has 73 heavy (non-hydrogen) atoms. The van der Waals surface area contributed by atoms with Crippen LogP contribution in [-0.4, -0.2) is 37.2 Å². The van der Waals surface area contributed by atoms with Crippen LogP contribution in [0.3, 0.4) is 0 Å². The van der Waals surface area contributed by atoms with E-state index >= 15 is 0 Å². The van der Waals surface area contributed by atoms with Crippen molar-refractivity contribution >= 4 is 17.9 Å². The van der Waals surface area contributed by atoms with Crippen molar-refractivity contribution in [2.75, 3.05) is 13.2 Å². The van der Waals surface area contributed by atoms with Gasteiger partial charge in [-0.25, -0.2) is 0 Å². The Morgan fingerprint density at radius 2 is 0.534 bits per heavy atom. The van der Waals surface area contributed by atoms with Crippen LogP contribution in [0.25, 0.3) is 0 Å². The summed E-state index contributed by atoms with van der Waals surface area (Å²) < 4.78 is 16.9. The van der Waals surface area contributed by atoms with Crippen LogP contribution in [0, 0.1) is 0 Å². The molecule has 0 radical (unpaired) electrons. The van der Waals surface area contributed by atoms with Gasteiger partial charge in [-0.1, -0.05) is 287 Å². The van der Waals surface area contributed by atoms with Gasteiger partial charge in [0.05, 0.1) is 0 Å². The van der Waals surface area contributed by atoms with E-state index in [1.165, 1.54) is 193 Å². The second-order valence-electron chi connectivity index (χ2n) is 21.3. The Morgan fingerprint density at radius 1 is 0.288 bits per heavy atom. The van der Waals surface area contributed by atoms with E-state index in [-0.39, 0.29) is 31.1 Å². The van der Waals surface area contributed by atoms with Crippen molar-refractivity contribution in [2.24, 2.45) is 0 Å². The van der Waals surface area contributed by atoms with E-state index in [2.05, 4.69) is 81.5 Å². The van der Waals surface area contributed by atoms with Gasteiger partial charge < -0.3 is 14.2 Å². The first-order valence-corrected chi connectivity index (χ1v) is 31.8. The molecule has 0 fully saturated rings. The van der Waals surface area contributed by atoms with Crippen molar-refractivity contribution in [3.8, 4) is 0 Å². The second kappa shape index (κ2) is 61.7. The Balaban J connectivity index is 4.37. The zero-order valence-corrected chi connectivity index (χ0v) is 48.7. The number of carbonyl (C=O) groups excluding carboxylic acids is 3. The molecule has 0 N–H and O–H groups in total. The predicted octanol–water partition coefficient (Wildman–Crippen LogP) is 21.6. The summed E-state index contributed by atoms with van der Waals surface area (Å²) in [5.41, 5.74) is 0. The molecule has 1 atom stereocenters. The molecule has 0 heterocycles. The standard InChI is InChI=1S/C67H120O6/c1-4-7-10-13-16-19-22-25-28-31-33-34-37-39-42-45-48-51-54-57-60-66(69)72-63-64(62-71-65(68)59-56-53-50-47-44-41-38-35-30-27-24-21-18-15-12-9-6-3)73-67(70)61-58-55-52-49-46-43-40-36-32-29-26-23-20-17-14-11-8-5-2/h9,12,18,21,27,29-30,32,38,41,64H,4-8,10-11,13-17,19-20,22-26,28,31,33-37,39-40,42-63H2,1-3H3/b12-9-,21-18-,30-27-,32-29-,41-38-.